The van der Waals surface area contributed by atoms with Crippen molar-refractivity contribution in [1.29, 1.82) is 0 Å². The molecule has 6 nitrogen and oxygen atoms in total. The van der Waals surface area contributed by atoms with Crippen molar-refractivity contribution in [2.45, 2.75) is 6.92 Å². The molecule has 0 saturated carbocycles. The number of piperazine rings is 1. The molecule has 6 heteroatoms. The van der Waals surface area contributed by atoms with Crippen molar-refractivity contribution in [2.75, 3.05) is 32.7 Å². The molecule has 0 bridgehead atoms. The molecule has 1 heterocycles. The third-order valence-electron chi connectivity index (χ3n) is 2.04. The van der Waals surface area contributed by atoms with Crippen LogP contribution in [0.3, 0.4) is 0 Å². The molecule has 0 unspecified atom stereocenters. The minimum atomic E-state index is 0.775. The van der Waals surface area contributed by atoms with Crippen LogP contribution in [0.2, 0.25) is 0 Å². The van der Waals surface area contributed by atoms with E-state index < -0.39 is 0 Å². The van der Waals surface area contributed by atoms with Crippen LogP contribution in [0.5, 0.6) is 0 Å². The molecule has 0 spiro atoms. The molecule has 0 atom stereocenters. The minimum Gasteiger partial charge on any atom is -0.358 e. The van der Waals surface area contributed by atoms with Gasteiger partial charge in [-0.1, -0.05) is 6.92 Å². The first-order chi connectivity index (χ1) is 6.86. The van der Waals surface area contributed by atoms with Gasteiger partial charge in [-0.15, -0.1) is 0 Å². The van der Waals surface area contributed by atoms with Gasteiger partial charge in [0.1, 0.15) is 6.34 Å². The molecule has 1 rings (SSSR count). The Hall–Kier alpha value is -1.30. The van der Waals surface area contributed by atoms with Gasteiger partial charge in [-0.25, -0.2) is 11.0 Å². The lowest BCUT2D eigenvalue weighted by atomic mass is 10.3. The lowest BCUT2D eigenvalue weighted by Gasteiger charge is -2.30. The number of carbonyl (C=O) groups is 1. The molecule has 1 aliphatic heterocycles. The summed E-state index contributed by atoms with van der Waals surface area (Å²) >= 11 is 0. The Morgan fingerprint density at radius 2 is 1.93 bits per heavy atom. The van der Waals surface area contributed by atoms with Crippen molar-refractivity contribution in [1.82, 2.24) is 20.8 Å². The van der Waals surface area contributed by atoms with Gasteiger partial charge < -0.3 is 9.80 Å². The van der Waals surface area contributed by atoms with Crippen LogP contribution in [-0.4, -0.2) is 55.3 Å². The van der Waals surface area contributed by atoms with Crippen LogP contribution in [0.15, 0.2) is 5.10 Å². The maximum atomic E-state index is 10.4. The Morgan fingerprint density at radius 1 is 1.29 bits per heavy atom. The van der Waals surface area contributed by atoms with Crippen LogP contribution >= 0.6 is 0 Å². The zero-order valence-corrected chi connectivity index (χ0v) is 8.44. The van der Waals surface area contributed by atoms with E-state index in [1.807, 2.05) is 6.92 Å². The van der Waals surface area contributed by atoms with Gasteiger partial charge in [0, 0.05) is 32.7 Å². The van der Waals surface area contributed by atoms with Crippen molar-refractivity contribution < 1.29 is 4.79 Å². The van der Waals surface area contributed by atoms with Crippen LogP contribution in [-0.2, 0) is 4.79 Å². The number of nitrogens with zero attached hydrogens (tertiary/aromatic N) is 3. The lowest BCUT2D eigenvalue weighted by molar-refractivity contribution is -0.119. The summed E-state index contributed by atoms with van der Waals surface area (Å²) in [5, 5.41) is 3.97. The Balaban J connectivity index is 2.15. The molecule has 1 saturated heterocycles. The van der Waals surface area contributed by atoms with Crippen LogP contribution in [0.25, 0.3) is 0 Å². The van der Waals surface area contributed by atoms with Crippen LogP contribution in [0, 0.1) is 0 Å². The van der Waals surface area contributed by atoms with Crippen LogP contribution in [0.4, 0.5) is 0 Å². The number of amides is 1. The van der Waals surface area contributed by atoms with Gasteiger partial charge in [0.05, 0.1) is 0 Å². The van der Waals surface area contributed by atoms with E-state index in [0.717, 1.165) is 39.1 Å². The van der Waals surface area contributed by atoms with Crippen molar-refractivity contribution in [2.24, 2.45) is 5.10 Å². The minimum absolute atomic E-state index is 0.775. The molecule has 0 aliphatic carbocycles. The average molecular weight is 199 g/mol. The highest BCUT2D eigenvalue weighted by Gasteiger charge is 2.11. The number of hydrogen-bond acceptors (Lipinski definition) is 4. The summed E-state index contributed by atoms with van der Waals surface area (Å²) in [5.74, 6) is 0. The maximum Gasteiger partial charge on any atom is 0.209 e. The van der Waals surface area contributed by atoms with Gasteiger partial charge in [0.2, 0.25) is 6.41 Å². The summed E-state index contributed by atoms with van der Waals surface area (Å²) in [6.07, 6.45) is 2.65. The molecule has 0 aromatic heterocycles. The van der Waals surface area contributed by atoms with E-state index in [1.54, 1.807) is 11.2 Å². The van der Waals surface area contributed by atoms with Crippen molar-refractivity contribution in [3.63, 3.8) is 0 Å². The number of hydrazone groups is 1. The second-order valence-electron chi connectivity index (χ2n) is 3.06. The quantitative estimate of drug-likeness (QED) is 0.192. The van der Waals surface area contributed by atoms with Crippen LogP contribution in [0.1, 0.15) is 6.92 Å². The summed E-state index contributed by atoms with van der Waals surface area (Å²) in [6, 6.07) is 0. The molecule has 2 N–H and O–H groups in total. The van der Waals surface area contributed by atoms with Crippen molar-refractivity contribution in [3.05, 3.63) is 0 Å². The topological polar surface area (TPSA) is 60.0 Å². The molecule has 14 heavy (non-hydrogen) atoms. The van der Waals surface area contributed by atoms with Crippen LogP contribution < -0.4 is 11.0 Å². The normalized spacial score (nSPS) is 17.5. The second kappa shape index (κ2) is 6.20. The largest absolute Gasteiger partial charge is 0.358 e. The summed E-state index contributed by atoms with van der Waals surface area (Å²) in [4.78, 5) is 14.3. The lowest BCUT2D eigenvalue weighted by Crippen LogP contribution is -2.45. The standard InChI is InChI=1S/C8H17N5O/c1-2-9-11-10-7-12-3-5-13(8-14)6-4-12/h7-9,11H,2-6H2,1H3. The Kier molecular flexibility index (Phi) is 4.77. The fraction of sp³-hybridized carbons (Fsp3) is 0.750. The first-order valence-electron chi connectivity index (χ1n) is 4.81. The zero-order chi connectivity index (χ0) is 10.2. The first kappa shape index (κ1) is 10.8. The molecule has 0 aromatic rings. The third-order valence-corrected chi connectivity index (χ3v) is 2.04. The predicted molar refractivity (Wildman–Crippen MR) is 54.5 cm³/mol. The summed E-state index contributed by atoms with van der Waals surface area (Å²) < 4.78 is 0. The Labute approximate surface area is 83.9 Å². The monoisotopic (exact) mass is 199 g/mol. The van der Waals surface area contributed by atoms with E-state index in [1.165, 1.54) is 0 Å². The van der Waals surface area contributed by atoms with E-state index >= 15 is 0 Å². The smallest absolute Gasteiger partial charge is 0.209 e. The summed E-state index contributed by atoms with van der Waals surface area (Å²) in [7, 11) is 0. The molecule has 80 valence electrons. The van der Waals surface area contributed by atoms with Crippen molar-refractivity contribution >= 4 is 12.7 Å². The molecular formula is C8H17N5O. The van der Waals surface area contributed by atoms with Crippen molar-refractivity contribution in [3.8, 4) is 0 Å². The average Bonchev–Trinajstić information content (AvgIpc) is 2.25. The summed E-state index contributed by atoms with van der Waals surface area (Å²) in [5.41, 5.74) is 5.57. The molecule has 1 amide bonds. The number of hydrazine groups is 1. The molecular weight excluding hydrogens is 182 g/mol. The fourth-order valence-corrected chi connectivity index (χ4v) is 1.19. The maximum absolute atomic E-state index is 10.4. The van der Waals surface area contributed by atoms with Gasteiger partial charge in [-0.05, 0) is 0 Å². The SMILES string of the molecule is CCNNN=CN1CCN(C=O)CC1. The van der Waals surface area contributed by atoms with E-state index in [4.69, 9.17) is 0 Å². The zero-order valence-electron chi connectivity index (χ0n) is 8.44. The van der Waals surface area contributed by atoms with Gasteiger partial charge >= 0.3 is 0 Å². The highest BCUT2D eigenvalue weighted by atomic mass is 16.1. The van der Waals surface area contributed by atoms with Gasteiger partial charge in [-0.3, -0.25) is 4.79 Å². The number of rotatable bonds is 5. The molecule has 0 aromatic carbocycles. The first-order valence-corrected chi connectivity index (χ1v) is 4.81. The molecule has 0 radical (unpaired) electrons. The number of nitrogens with one attached hydrogen (secondary N) is 2. The van der Waals surface area contributed by atoms with Gasteiger partial charge in [-0.2, -0.15) is 5.10 Å². The van der Waals surface area contributed by atoms with Gasteiger partial charge in [0.25, 0.3) is 0 Å². The number of hydrogen-bond donors (Lipinski definition) is 2. The van der Waals surface area contributed by atoms with E-state index in [-0.39, 0.29) is 0 Å². The highest BCUT2D eigenvalue weighted by Crippen LogP contribution is 1.95. The van der Waals surface area contributed by atoms with E-state index in [0.29, 0.717) is 0 Å². The Bertz CT molecular complexity index is 188. The molecule has 1 aliphatic rings. The fourth-order valence-electron chi connectivity index (χ4n) is 1.19. The van der Waals surface area contributed by atoms with E-state index in [9.17, 15) is 4.79 Å². The third kappa shape index (κ3) is 3.61. The predicted octanol–water partition coefficient (Wildman–Crippen LogP) is -1.18. The second-order valence-corrected chi connectivity index (χ2v) is 3.06. The number of carbonyl (C=O) groups excluding carboxylic acids is 1. The summed E-state index contributed by atoms with van der Waals surface area (Å²) in [6.45, 7) is 6.06. The molecule has 1 fully saturated rings. The van der Waals surface area contributed by atoms with E-state index in [2.05, 4.69) is 21.0 Å². The highest BCUT2D eigenvalue weighted by molar-refractivity contribution is 5.55. The van der Waals surface area contributed by atoms with Gasteiger partial charge in [0.15, 0.2) is 0 Å². The Morgan fingerprint density at radius 3 is 2.50 bits per heavy atom.